The Morgan fingerprint density at radius 1 is 1.37 bits per heavy atom. The van der Waals surface area contributed by atoms with Crippen molar-refractivity contribution in [3.8, 4) is 0 Å². The first kappa shape index (κ1) is 14.6. The summed E-state index contributed by atoms with van der Waals surface area (Å²) in [5, 5.41) is 3.88. The van der Waals surface area contributed by atoms with E-state index >= 15 is 0 Å². The molecule has 1 heterocycles. The molecule has 104 valence electrons. The van der Waals surface area contributed by atoms with Crippen LogP contribution >= 0.6 is 23.2 Å². The zero-order chi connectivity index (χ0) is 13.8. The fourth-order valence-electron chi connectivity index (χ4n) is 2.46. The summed E-state index contributed by atoms with van der Waals surface area (Å²) in [5.41, 5.74) is 0.646. The van der Waals surface area contributed by atoms with Crippen molar-refractivity contribution >= 4 is 34.8 Å². The van der Waals surface area contributed by atoms with Crippen molar-refractivity contribution in [1.29, 1.82) is 0 Å². The fraction of sp³-hybridized carbons (Fsp3) is 0.500. The number of halogens is 2. The van der Waals surface area contributed by atoms with Gasteiger partial charge in [0, 0.05) is 22.3 Å². The third kappa shape index (κ3) is 4.68. The summed E-state index contributed by atoms with van der Waals surface area (Å²) >= 11 is 11.8. The van der Waals surface area contributed by atoms with Gasteiger partial charge in [0.15, 0.2) is 0 Å². The minimum Gasteiger partial charge on any atom is -0.325 e. The summed E-state index contributed by atoms with van der Waals surface area (Å²) in [6.07, 6.45) is 2.42. The highest BCUT2D eigenvalue weighted by Crippen LogP contribution is 2.22. The number of hydrogen-bond acceptors (Lipinski definition) is 2. The molecular formula is C14H18Cl2N2O. The topological polar surface area (TPSA) is 32.3 Å². The van der Waals surface area contributed by atoms with Crippen LogP contribution in [0.15, 0.2) is 18.2 Å². The summed E-state index contributed by atoms with van der Waals surface area (Å²) in [4.78, 5) is 14.2. The minimum atomic E-state index is -0.0209. The number of carbonyl (C=O) groups is 1. The van der Waals surface area contributed by atoms with Crippen molar-refractivity contribution in [2.45, 2.75) is 19.8 Å². The Kier molecular flexibility index (Phi) is 5.08. The molecule has 0 radical (unpaired) electrons. The second kappa shape index (κ2) is 6.60. The molecule has 1 amide bonds. The van der Waals surface area contributed by atoms with Crippen LogP contribution in [0.5, 0.6) is 0 Å². The van der Waals surface area contributed by atoms with Crippen LogP contribution in [0.25, 0.3) is 0 Å². The number of anilines is 1. The molecule has 5 heteroatoms. The molecule has 1 unspecified atom stereocenters. The van der Waals surface area contributed by atoms with Crippen LogP contribution in [0.2, 0.25) is 10.0 Å². The van der Waals surface area contributed by atoms with Gasteiger partial charge in [-0.15, -0.1) is 0 Å². The van der Waals surface area contributed by atoms with Crippen LogP contribution in [-0.2, 0) is 4.79 Å². The molecule has 0 saturated carbocycles. The lowest BCUT2D eigenvalue weighted by Crippen LogP contribution is -2.39. The number of nitrogens with one attached hydrogen (secondary N) is 1. The van der Waals surface area contributed by atoms with E-state index in [0.717, 1.165) is 19.5 Å². The van der Waals surface area contributed by atoms with Gasteiger partial charge in [0.2, 0.25) is 5.91 Å². The fourth-order valence-corrected chi connectivity index (χ4v) is 2.99. The Morgan fingerprint density at radius 3 is 2.68 bits per heavy atom. The van der Waals surface area contributed by atoms with Gasteiger partial charge in [0.25, 0.3) is 0 Å². The van der Waals surface area contributed by atoms with Crippen molar-refractivity contribution < 1.29 is 4.79 Å². The number of benzene rings is 1. The number of hydrogen-bond donors (Lipinski definition) is 1. The average Bonchev–Trinajstić information content (AvgIpc) is 2.26. The largest absolute Gasteiger partial charge is 0.325 e. The smallest absolute Gasteiger partial charge is 0.238 e. The van der Waals surface area contributed by atoms with Gasteiger partial charge in [-0.05, 0) is 43.5 Å². The van der Waals surface area contributed by atoms with Gasteiger partial charge >= 0.3 is 0 Å². The van der Waals surface area contributed by atoms with E-state index in [2.05, 4.69) is 17.1 Å². The highest BCUT2D eigenvalue weighted by molar-refractivity contribution is 6.35. The lowest BCUT2D eigenvalue weighted by Gasteiger charge is -2.30. The predicted octanol–water partition coefficient (Wildman–Crippen LogP) is 3.66. The summed E-state index contributed by atoms with van der Waals surface area (Å²) in [5.74, 6) is 0.648. The number of amides is 1. The molecule has 2 rings (SSSR count). The lowest BCUT2D eigenvalue weighted by atomic mass is 10.0. The molecule has 1 atom stereocenters. The summed E-state index contributed by atoms with van der Waals surface area (Å²) < 4.78 is 0. The van der Waals surface area contributed by atoms with Crippen LogP contribution in [0.3, 0.4) is 0 Å². The average molecular weight is 301 g/mol. The first-order valence-electron chi connectivity index (χ1n) is 6.51. The van der Waals surface area contributed by atoms with E-state index in [1.807, 2.05) is 0 Å². The third-order valence-electron chi connectivity index (χ3n) is 3.25. The van der Waals surface area contributed by atoms with Crippen LogP contribution in [-0.4, -0.2) is 30.4 Å². The molecular weight excluding hydrogens is 283 g/mol. The Hall–Kier alpha value is -0.770. The lowest BCUT2D eigenvalue weighted by molar-refractivity contribution is -0.117. The first-order valence-corrected chi connectivity index (χ1v) is 7.27. The predicted molar refractivity (Wildman–Crippen MR) is 79.9 cm³/mol. The van der Waals surface area contributed by atoms with Crippen LogP contribution in [0, 0.1) is 5.92 Å². The SMILES string of the molecule is CC1CCCN(CC(=O)Nc2cc(Cl)cc(Cl)c2)C1. The molecule has 0 aromatic heterocycles. The van der Waals surface area contributed by atoms with E-state index < -0.39 is 0 Å². The summed E-state index contributed by atoms with van der Waals surface area (Å²) in [6.45, 7) is 4.63. The monoisotopic (exact) mass is 300 g/mol. The highest BCUT2D eigenvalue weighted by Gasteiger charge is 2.18. The second-order valence-electron chi connectivity index (χ2n) is 5.19. The molecule has 1 fully saturated rings. The molecule has 0 aliphatic carbocycles. The number of likely N-dealkylation sites (tertiary alicyclic amines) is 1. The second-order valence-corrected chi connectivity index (χ2v) is 6.06. The van der Waals surface area contributed by atoms with Gasteiger partial charge in [0.05, 0.1) is 6.54 Å². The third-order valence-corrected chi connectivity index (χ3v) is 3.69. The minimum absolute atomic E-state index is 0.0209. The van der Waals surface area contributed by atoms with Gasteiger partial charge in [-0.2, -0.15) is 0 Å². The van der Waals surface area contributed by atoms with Crippen molar-refractivity contribution in [2.75, 3.05) is 25.0 Å². The van der Waals surface area contributed by atoms with Crippen molar-refractivity contribution in [1.82, 2.24) is 4.90 Å². The van der Waals surface area contributed by atoms with E-state index in [4.69, 9.17) is 23.2 Å². The van der Waals surface area contributed by atoms with Gasteiger partial charge < -0.3 is 5.32 Å². The number of nitrogens with zero attached hydrogens (tertiary/aromatic N) is 1. The molecule has 1 saturated heterocycles. The molecule has 0 spiro atoms. The summed E-state index contributed by atoms with van der Waals surface area (Å²) in [7, 11) is 0. The van der Waals surface area contributed by atoms with E-state index in [1.165, 1.54) is 6.42 Å². The van der Waals surface area contributed by atoms with Crippen molar-refractivity contribution in [3.63, 3.8) is 0 Å². The first-order chi connectivity index (χ1) is 9.02. The zero-order valence-electron chi connectivity index (χ0n) is 11.0. The molecule has 19 heavy (non-hydrogen) atoms. The molecule has 1 aromatic carbocycles. The molecule has 1 N–H and O–H groups in total. The Morgan fingerprint density at radius 2 is 2.05 bits per heavy atom. The standard InChI is InChI=1S/C14H18Cl2N2O/c1-10-3-2-4-18(8-10)9-14(19)17-13-6-11(15)5-12(16)7-13/h5-7,10H,2-4,8-9H2,1H3,(H,17,19). The highest BCUT2D eigenvalue weighted by atomic mass is 35.5. The molecule has 3 nitrogen and oxygen atoms in total. The maximum absolute atomic E-state index is 12.0. The Bertz CT molecular complexity index is 445. The Balaban J connectivity index is 1.90. The summed E-state index contributed by atoms with van der Waals surface area (Å²) in [6, 6.07) is 5.04. The normalized spacial score (nSPS) is 20.3. The quantitative estimate of drug-likeness (QED) is 0.924. The molecule has 1 aromatic rings. The van der Waals surface area contributed by atoms with Gasteiger partial charge in [-0.3, -0.25) is 9.69 Å². The van der Waals surface area contributed by atoms with Gasteiger partial charge in [0.1, 0.15) is 0 Å². The molecule has 1 aliphatic rings. The van der Waals surface area contributed by atoms with E-state index in [1.54, 1.807) is 18.2 Å². The zero-order valence-corrected chi connectivity index (χ0v) is 12.5. The van der Waals surface area contributed by atoms with Gasteiger partial charge in [-0.25, -0.2) is 0 Å². The maximum Gasteiger partial charge on any atom is 0.238 e. The molecule has 0 bridgehead atoms. The van der Waals surface area contributed by atoms with Crippen LogP contribution < -0.4 is 5.32 Å². The van der Waals surface area contributed by atoms with E-state index in [0.29, 0.717) is 28.2 Å². The molecule has 1 aliphatic heterocycles. The number of carbonyl (C=O) groups excluding carboxylic acids is 1. The van der Waals surface area contributed by atoms with E-state index in [9.17, 15) is 4.79 Å². The Labute approximate surface area is 123 Å². The van der Waals surface area contributed by atoms with E-state index in [-0.39, 0.29) is 5.91 Å². The van der Waals surface area contributed by atoms with Crippen LogP contribution in [0.4, 0.5) is 5.69 Å². The number of rotatable bonds is 3. The number of piperidine rings is 1. The van der Waals surface area contributed by atoms with Crippen LogP contribution in [0.1, 0.15) is 19.8 Å². The maximum atomic E-state index is 12.0. The van der Waals surface area contributed by atoms with Crippen molar-refractivity contribution in [2.24, 2.45) is 5.92 Å². The van der Waals surface area contributed by atoms with Gasteiger partial charge in [-0.1, -0.05) is 30.1 Å². The van der Waals surface area contributed by atoms with Crippen molar-refractivity contribution in [3.05, 3.63) is 28.2 Å².